The van der Waals surface area contributed by atoms with Gasteiger partial charge in [0, 0.05) is 40.3 Å². The molecule has 0 aromatic carbocycles. The molecule has 0 aromatic rings. The van der Waals surface area contributed by atoms with Gasteiger partial charge in [-0.1, -0.05) is 85.8 Å². The second kappa shape index (κ2) is 25.4. The number of amides is 4. The van der Waals surface area contributed by atoms with E-state index in [0.717, 1.165) is 12.0 Å². The Kier molecular flexibility index (Phi) is 23.1. The van der Waals surface area contributed by atoms with Crippen LogP contribution >= 0.6 is 0 Å². The standard InChI is InChI=1S/C47H83N5O8/c1-19-23-34(24-20-2)27-35(46(57)60-47(12,13)14)48-43(54)33(11)42(59-18)36-25-22-26-52(36)38(53)28-37(58-17)41(32(10)21-3)51(16)45(56)39(29(4)5)49-44(55)40(30(6)7)50(15)31(8)9/h19-20,23-24,29-33,35-37,39-42H,1,21-22,25-28H2,2-18H3,(H,48,54)(H,49,55)/b24-20-,34-23+/t32?,33?,35?,36?,37?,39-,40?,41?,42?/m0/s1. The van der Waals surface area contributed by atoms with Gasteiger partial charge in [0.05, 0.1) is 42.7 Å². The van der Waals surface area contributed by atoms with Gasteiger partial charge in [0.25, 0.3) is 0 Å². The molecule has 13 heteroatoms. The van der Waals surface area contributed by atoms with Crippen LogP contribution in [0.4, 0.5) is 0 Å². The lowest BCUT2D eigenvalue weighted by molar-refractivity contribution is -0.159. The highest BCUT2D eigenvalue weighted by Crippen LogP contribution is 2.30. The van der Waals surface area contributed by atoms with Crippen molar-refractivity contribution < 1.29 is 38.2 Å². The summed E-state index contributed by atoms with van der Waals surface area (Å²) in [6.07, 6.45) is 8.04. The van der Waals surface area contributed by atoms with Crippen molar-refractivity contribution in [1.82, 2.24) is 25.3 Å². The van der Waals surface area contributed by atoms with Crippen molar-refractivity contribution in [1.29, 1.82) is 0 Å². The highest BCUT2D eigenvalue weighted by Gasteiger charge is 2.44. The first-order chi connectivity index (χ1) is 27.9. The van der Waals surface area contributed by atoms with Crippen LogP contribution in [0.15, 0.2) is 36.5 Å². The van der Waals surface area contributed by atoms with Gasteiger partial charge >= 0.3 is 5.97 Å². The zero-order valence-electron chi connectivity index (χ0n) is 40.3. The lowest BCUT2D eigenvalue weighted by atomic mass is 9.89. The van der Waals surface area contributed by atoms with E-state index in [1.165, 1.54) is 7.11 Å². The lowest BCUT2D eigenvalue weighted by Gasteiger charge is -2.41. The Morgan fingerprint density at radius 2 is 1.52 bits per heavy atom. The number of rotatable bonds is 24. The largest absolute Gasteiger partial charge is 0.458 e. The Balaban J connectivity index is 3.40. The number of ether oxygens (including phenoxy) is 3. The van der Waals surface area contributed by atoms with E-state index in [2.05, 4.69) is 17.2 Å². The molecule has 0 spiro atoms. The minimum Gasteiger partial charge on any atom is -0.458 e. The summed E-state index contributed by atoms with van der Waals surface area (Å²) >= 11 is 0. The van der Waals surface area contributed by atoms with Crippen LogP contribution in [0.1, 0.15) is 122 Å². The second-order valence-corrected chi connectivity index (χ2v) is 18.5. The average molecular weight is 846 g/mol. The molecular weight excluding hydrogens is 763 g/mol. The molecule has 1 rings (SSSR count). The summed E-state index contributed by atoms with van der Waals surface area (Å²) in [6.45, 7) is 29.2. The molecule has 2 N–H and O–H groups in total. The van der Waals surface area contributed by atoms with Crippen LogP contribution in [0.2, 0.25) is 0 Å². The van der Waals surface area contributed by atoms with Gasteiger partial charge in [0.1, 0.15) is 17.7 Å². The fraction of sp³-hybridized carbons (Fsp3) is 0.766. The number of esters is 1. The van der Waals surface area contributed by atoms with Gasteiger partial charge in [-0.3, -0.25) is 24.1 Å². The summed E-state index contributed by atoms with van der Waals surface area (Å²) in [5.41, 5.74) is 0.0274. The number of carbonyl (C=O) groups excluding carboxylic acids is 5. The SMILES string of the molecule is C=C/C=C(\C=C/C)CC(NC(=O)C(C)C(OC)C1CCCN1C(=O)CC(OC)C(C(C)CC)N(C)C(=O)[C@@H](NC(=O)C(C(C)C)N(C)C(C)C)C(C)C)C(=O)OC(C)(C)C. The van der Waals surface area contributed by atoms with Crippen LogP contribution in [0, 0.1) is 23.7 Å². The number of hydrogen-bond acceptors (Lipinski definition) is 9. The van der Waals surface area contributed by atoms with Gasteiger partial charge in [0.15, 0.2) is 0 Å². The monoisotopic (exact) mass is 846 g/mol. The summed E-state index contributed by atoms with van der Waals surface area (Å²) in [5.74, 6) is -2.52. The van der Waals surface area contributed by atoms with Crippen LogP contribution in [0.25, 0.3) is 0 Å². The fourth-order valence-electron chi connectivity index (χ4n) is 8.22. The van der Waals surface area contributed by atoms with Gasteiger partial charge in [0.2, 0.25) is 23.6 Å². The van der Waals surface area contributed by atoms with Gasteiger partial charge in [-0.2, -0.15) is 0 Å². The highest BCUT2D eigenvalue weighted by atomic mass is 16.6. The highest BCUT2D eigenvalue weighted by molar-refractivity contribution is 5.90. The third-order valence-corrected chi connectivity index (χ3v) is 11.8. The third kappa shape index (κ3) is 15.7. The lowest BCUT2D eigenvalue weighted by Crippen LogP contribution is -2.60. The van der Waals surface area contributed by atoms with Crippen molar-refractivity contribution in [2.75, 3.05) is 34.9 Å². The Labute approximate surface area is 363 Å². The molecule has 9 atom stereocenters. The maximum Gasteiger partial charge on any atom is 0.329 e. The minimum atomic E-state index is -0.971. The van der Waals surface area contributed by atoms with Crippen molar-refractivity contribution in [3.63, 3.8) is 0 Å². The Morgan fingerprint density at radius 1 is 0.900 bits per heavy atom. The van der Waals surface area contributed by atoms with E-state index < -0.39 is 65.8 Å². The van der Waals surface area contributed by atoms with Crippen LogP contribution in [0.3, 0.4) is 0 Å². The summed E-state index contributed by atoms with van der Waals surface area (Å²) in [7, 11) is 6.75. The molecule has 1 aliphatic heterocycles. The Hall–Kier alpha value is -3.55. The molecular formula is C47H83N5O8. The molecule has 4 amide bonds. The maximum absolute atomic E-state index is 14.4. The molecule has 0 aliphatic carbocycles. The van der Waals surface area contributed by atoms with Crippen molar-refractivity contribution in [2.45, 2.75) is 176 Å². The van der Waals surface area contributed by atoms with Gasteiger partial charge < -0.3 is 34.6 Å². The van der Waals surface area contributed by atoms with Gasteiger partial charge in [-0.05, 0) is 84.8 Å². The predicted molar refractivity (Wildman–Crippen MR) is 240 cm³/mol. The molecule has 13 nitrogen and oxygen atoms in total. The number of hydrogen-bond donors (Lipinski definition) is 2. The topological polar surface area (TPSA) is 147 Å². The molecule has 344 valence electrons. The summed E-state index contributed by atoms with van der Waals surface area (Å²) < 4.78 is 17.8. The second-order valence-electron chi connectivity index (χ2n) is 18.5. The third-order valence-electron chi connectivity index (χ3n) is 11.8. The molecule has 0 saturated carbocycles. The summed E-state index contributed by atoms with van der Waals surface area (Å²) in [5, 5.41) is 6.02. The molecule has 0 radical (unpaired) electrons. The van der Waals surface area contributed by atoms with Crippen molar-refractivity contribution in [3.05, 3.63) is 36.5 Å². The number of nitrogens with zero attached hydrogens (tertiary/aromatic N) is 3. The van der Waals surface area contributed by atoms with Crippen LogP contribution in [-0.4, -0.2) is 133 Å². The van der Waals surface area contributed by atoms with E-state index in [0.29, 0.717) is 19.4 Å². The van der Waals surface area contributed by atoms with Crippen molar-refractivity contribution >= 4 is 29.6 Å². The van der Waals surface area contributed by atoms with E-state index in [1.54, 1.807) is 63.8 Å². The number of nitrogens with one attached hydrogen (secondary N) is 2. The zero-order chi connectivity index (χ0) is 46.2. The average Bonchev–Trinajstić information content (AvgIpc) is 3.65. The quantitative estimate of drug-likeness (QED) is 0.0843. The Morgan fingerprint density at radius 3 is 1.98 bits per heavy atom. The molecule has 1 heterocycles. The van der Waals surface area contributed by atoms with Crippen molar-refractivity contribution in [3.8, 4) is 0 Å². The predicted octanol–water partition coefficient (Wildman–Crippen LogP) is 6.32. The number of likely N-dealkylation sites (tertiary alicyclic amines) is 1. The van der Waals surface area contributed by atoms with E-state index >= 15 is 0 Å². The summed E-state index contributed by atoms with van der Waals surface area (Å²) in [4.78, 5) is 75.4. The minimum absolute atomic E-state index is 0.00592. The molecule has 0 aromatic heterocycles. The van der Waals surface area contributed by atoms with Crippen LogP contribution < -0.4 is 10.6 Å². The Bertz CT molecular complexity index is 1470. The normalized spacial score (nSPS) is 19.2. The molecule has 1 saturated heterocycles. The first kappa shape index (κ1) is 54.5. The molecule has 1 aliphatic rings. The zero-order valence-corrected chi connectivity index (χ0v) is 40.3. The van der Waals surface area contributed by atoms with E-state index in [-0.39, 0.29) is 54.4 Å². The first-order valence-electron chi connectivity index (χ1n) is 22.0. The number of methoxy groups -OCH3 is 2. The molecule has 60 heavy (non-hydrogen) atoms. The number of carbonyl (C=O) groups is 5. The van der Waals surface area contributed by atoms with E-state index in [1.807, 2.05) is 86.4 Å². The summed E-state index contributed by atoms with van der Waals surface area (Å²) in [6, 6.07) is -2.94. The van der Waals surface area contributed by atoms with Gasteiger partial charge in [-0.15, -0.1) is 0 Å². The van der Waals surface area contributed by atoms with Crippen LogP contribution in [-0.2, 0) is 38.2 Å². The van der Waals surface area contributed by atoms with E-state index in [9.17, 15) is 24.0 Å². The number of likely N-dealkylation sites (N-methyl/N-ethyl adjacent to an activating group) is 2. The first-order valence-corrected chi connectivity index (χ1v) is 22.0. The van der Waals surface area contributed by atoms with Crippen LogP contribution in [0.5, 0.6) is 0 Å². The van der Waals surface area contributed by atoms with Gasteiger partial charge in [-0.25, -0.2) is 4.79 Å². The fourth-order valence-corrected chi connectivity index (χ4v) is 8.22. The maximum atomic E-state index is 14.4. The van der Waals surface area contributed by atoms with E-state index in [4.69, 9.17) is 14.2 Å². The molecule has 1 fully saturated rings. The molecule has 0 bridgehead atoms. The van der Waals surface area contributed by atoms with Crippen molar-refractivity contribution in [2.24, 2.45) is 23.7 Å². The smallest absolute Gasteiger partial charge is 0.329 e. The number of allylic oxidation sites excluding steroid dienone is 4. The molecule has 8 unspecified atom stereocenters.